The van der Waals surface area contributed by atoms with Gasteiger partial charge in [0.25, 0.3) is 5.91 Å². The second-order valence-electron chi connectivity index (χ2n) is 8.46. The first-order valence-corrected chi connectivity index (χ1v) is 13.9. The lowest BCUT2D eigenvalue weighted by molar-refractivity contribution is -0.115. The van der Waals surface area contributed by atoms with Crippen molar-refractivity contribution in [2.24, 2.45) is 7.05 Å². The number of benzene rings is 1. The van der Waals surface area contributed by atoms with Crippen molar-refractivity contribution in [2.45, 2.75) is 51.6 Å². The van der Waals surface area contributed by atoms with E-state index in [2.05, 4.69) is 20.8 Å². The Kier molecular flexibility index (Phi) is 10.2. The first-order chi connectivity index (χ1) is 18.6. The summed E-state index contributed by atoms with van der Waals surface area (Å²) >= 11 is 2.13. The van der Waals surface area contributed by atoms with E-state index in [1.807, 2.05) is 19.1 Å². The Balaban J connectivity index is 1.69. The van der Waals surface area contributed by atoms with Crippen molar-refractivity contribution >= 4 is 51.9 Å². The Hall–Kier alpha value is -3.71. The highest BCUT2D eigenvalue weighted by molar-refractivity contribution is 8.00. The molecule has 1 aromatic carbocycles. The number of nitrogens with zero attached hydrogens (tertiary/aromatic N) is 3. The molecule has 39 heavy (non-hydrogen) atoms. The van der Waals surface area contributed by atoms with E-state index in [0.717, 1.165) is 28.7 Å². The van der Waals surface area contributed by atoms with Crippen LogP contribution in [0.5, 0.6) is 0 Å². The quantitative estimate of drug-likeness (QED) is 0.258. The summed E-state index contributed by atoms with van der Waals surface area (Å²) in [4.78, 5) is 50.7. The van der Waals surface area contributed by atoms with E-state index < -0.39 is 23.1 Å². The van der Waals surface area contributed by atoms with Crippen LogP contribution in [0.15, 0.2) is 29.4 Å². The number of carbonyl (C=O) groups excluding carboxylic acids is 4. The van der Waals surface area contributed by atoms with Crippen LogP contribution in [0, 0.1) is 13.8 Å². The van der Waals surface area contributed by atoms with Gasteiger partial charge in [-0.2, -0.15) is 0 Å². The van der Waals surface area contributed by atoms with Crippen LogP contribution >= 0.6 is 23.1 Å². The molecule has 3 rings (SSSR count). The van der Waals surface area contributed by atoms with Crippen molar-refractivity contribution in [1.82, 2.24) is 20.1 Å². The Morgan fingerprint density at radius 3 is 2.44 bits per heavy atom. The van der Waals surface area contributed by atoms with Crippen molar-refractivity contribution in [3.63, 3.8) is 0 Å². The summed E-state index contributed by atoms with van der Waals surface area (Å²) in [5.74, 6) is -1.32. The molecule has 0 unspecified atom stereocenters. The van der Waals surface area contributed by atoms with Crippen molar-refractivity contribution in [1.29, 1.82) is 0 Å². The number of thiophene rings is 1. The number of esters is 2. The van der Waals surface area contributed by atoms with E-state index in [4.69, 9.17) is 9.47 Å². The van der Waals surface area contributed by atoms with Crippen molar-refractivity contribution < 1.29 is 28.7 Å². The highest BCUT2D eigenvalue weighted by Crippen LogP contribution is 2.35. The minimum Gasteiger partial charge on any atom is -0.462 e. The summed E-state index contributed by atoms with van der Waals surface area (Å²) in [7, 11) is 1.74. The smallest absolute Gasteiger partial charge is 0.348 e. The lowest BCUT2D eigenvalue weighted by atomic mass is 10.1. The number of aryl methyl sites for hydroxylation is 1. The number of hydrogen-bond acceptors (Lipinski definition) is 10. The number of carbonyl (C=O) groups is 4. The standard InChI is InChI=1S/C26H31N5O6S2/c1-7-36-24(34)19-15(4)20(25(35)37-8-2)39-23(19)28-21(32)16(5)38-26-30-29-18(31(26)6)13-27-22(33)17-11-9-10-14(3)12-17/h9-12,16H,7-8,13H2,1-6H3,(H,27,33)(H,28,32)/t16-/m0/s1. The fourth-order valence-corrected chi connectivity index (χ4v) is 5.44. The summed E-state index contributed by atoms with van der Waals surface area (Å²) in [5, 5.41) is 13.9. The van der Waals surface area contributed by atoms with Gasteiger partial charge in [0.1, 0.15) is 9.88 Å². The molecule has 11 nitrogen and oxygen atoms in total. The largest absolute Gasteiger partial charge is 0.462 e. The lowest BCUT2D eigenvalue weighted by Gasteiger charge is -2.12. The van der Waals surface area contributed by atoms with Gasteiger partial charge in [0, 0.05) is 12.6 Å². The molecule has 0 aliphatic carbocycles. The minimum atomic E-state index is -0.636. The highest BCUT2D eigenvalue weighted by Gasteiger charge is 2.29. The van der Waals surface area contributed by atoms with Crippen LogP contribution in [0.25, 0.3) is 0 Å². The molecule has 13 heteroatoms. The second-order valence-corrected chi connectivity index (χ2v) is 10.8. The van der Waals surface area contributed by atoms with Crippen LogP contribution in [0.2, 0.25) is 0 Å². The molecule has 0 fully saturated rings. The van der Waals surface area contributed by atoms with Crippen molar-refractivity contribution in [3.8, 4) is 0 Å². The molecular formula is C26H31N5O6S2. The minimum absolute atomic E-state index is 0.126. The average molecular weight is 574 g/mol. The molecular weight excluding hydrogens is 542 g/mol. The maximum atomic E-state index is 13.1. The molecule has 2 N–H and O–H groups in total. The fraction of sp³-hybridized carbons (Fsp3) is 0.385. The molecule has 208 valence electrons. The van der Waals surface area contributed by atoms with Gasteiger partial charge in [0.05, 0.1) is 30.6 Å². The van der Waals surface area contributed by atoms with E-state index >= 15 is 0 Å². The summed E-state index contributed by atoms with van der Waals surface area (Å²) in [6.45, 7) is 9.04. The van der Waals surface area contributed by atoms with Crippen LogP contribution < -0.4 is 10.6 Å². The van der Waals surface area contributed by atoms with E-state index in [1.54, 1.807) is 51.4 Å². The summed E-state index contributed by atoms with van der Waals surface area (Å²) < 4.78 is 11.9. The van der Waals surface area contributed by atoms with Crippen LogP contribution in [-0.2, 0) is 27.9 Å². The maximum Gasteiger partial charge on any atom is 0.348 e. The molecule has 0 aliphatic heterocycles. The van der Waals surface area contributed by atoms with Crippen molar-refractivity contribution in [3.05, 3.63) is 57.2 Å². The predicted molar refractivity (Wildman–Crippen MR) is 148 cm³/mol. The number of rotatable bonds is 11. The van der Waals surface area contributed by atoms with E-state index in [9.17, 15) is 19.2 Å². The average Bonchev–Trinajstić information content (AvgIpc) is 3.41. The van der Waals surface area contributed by atoms with Crippen LogP contribution in [0.3, 0.4) is 0 Å². The van der Waals surface area contributed by atoms with Gasteiger partial charge in [0.2, 0.25) is 5.91 Å². The van der Waals surface area contributed by atoms with Crippen LogP contribution in [0.1, 0.15) is 68.1 Å². The third kappa shape index (κ3) is 7.24. The molecule has 0 saturated carbocycles. The molecule has 0 bridgehead atoms. The van der Waals surface area contributed by atoms with Gasteiger partial charge in [-0.25, -0.2) is 9.59 Å². The van der Waals surface area contributed by atoms with Gasteiger partial charge in [-0.05, 0) is 52.3 Å². The normalized spacial score (nSPS) is 11.5. The summed E-state index contributed by atoms with van der Waals surface area (Å²) in [6, 6.07) is 7.26. The fourth-order valence-electron chi connectivity index (χ4n) is 3.52. The monoisotopic (exact) mass is 573 g/mol. The highest BCUT2D eigenvalue weighted by atomic mass is 32.2. The Morgan fingerprint density at radius 1 is 1.08 bits per heavy atom. The van der Waals surface area contributed by atoms with Gasteiger partial charge < -0.3 is 24.7 Å². The van der Waals surface area contributed by atoms with Gasteiger partial charge in [-0.15, -0.1) is 21.5 Å². The van der Waals surface area contributed by atoms with Crippen molar-refractivity contribution in [2.75, 3.05) is 18.5 Å². The SMILES string of the molecule is CCOC(=O)c1sc(NC(=O)[C@H](C)Sc2nnc(CNC(=O)c3cccc(C)c3)n2C)c(C(=O)OCC)c1C. The molecule has 2 aromatic heterocycles. The third-order valence-electron chi connectivity index (χ3n) is 5.59. The zero-order valence-corrected chi connectivity index (χ0v) is 24.2. The van der Waals surface area contributed by atoms with Gasteiger partial charge >= 0.3 is 11.9 Å². The number of ether oxygens (including phenoxy) is 2. The molecule has 3 aromatic rings. The van der Waals surface area contributed by atoms with E-state index in [-0.39, 0.29) is 41.1 Å². The summed E-state index contributed by atoms with van der Waals surface area (Å²) in [5.41, 5.74) is 2.05. The first kappa shape index (κ1) is 29.8. The number of aromatic nitrogens is 3. The second kappa shape index (κ2) is 13.4. The van der Waals surface area contributed by atoms with E-state index in [1.165, 1.54) is 0 Å². The first-order valence-electron chi connectivity index (χ1n) is 12.3. The third-order valence-corrected chi connectivity index (χ3v) is 7.91. The number of hydrogen-bond donors (Lipinski definition) is 2. The van der Waals surface area contributed by atoms with Gasteiger partial charge in [-0.1, -0.05) is 29.5 Å². The Morgan fingerprint density at radius 2 is 1.77 bits per heavy atom. The zero-order chi connectivity index (χ0) is 28.7. The molecule has 0 radical (unpaired) electrons. The number of nitrogens with one attached hydrogen (secondary N) is 2. The Labute approximate surface area is 234 Å². The zero-order valence-electron chi connectivity index (χ0n) is 22.6. The number of anilines is 1. The summed E-state index contributed by atoms with van der Waals surface area (Å²) in [6.07, 6.45) is 0. The van der Waals surface area contributed by atoms with Crippen LogP contribution in [0.4, 0.5) is 5.00 Å². The van der Waals surface area contributed by atoms with E-state index in [0.29, 0.717) is 22.1 Å². The Bertz CT molecular complexity index is 1380. The topological polar surface area (TPSA) is 142 Å². The predicted octanol–water partition coefficient (Wildman–Crippen LogP) is 3.90. The maximum absolute atomic E-state index is 13.1. The van der Waals surface area contributed by atoms with Gasteiger partial charge in [-0.3, -0.25) is 9.59 Å². The molecule has 0 aliphatic rings. The van der Waals surface area contributed by atoms with Crippen LogP contribution in [-0.4, -0.2) is 57.0 Å². The molecule has 1 atom stereocenters. The lowest BCUT2D eigenvalue weighted by Crippen LogP contribution is -2.25. The van der Waals surface area contributed by atoms with Gasteiger partial charge in [0.15, 0.2) is 11.0 Å². The molecule has 0 spiro atoms. The number of amides is 2. The molecule has 2 heterocycles. The molecule has 2 amide bonds. The molecule has 0 saturated heterocycles. The number of thioether (sulfide) groups is 1.